The fourth-order valence-corrected chi connectivity index (χ4v) is 2.26. The normalized spacial score (nSPS) is 20.6. The largest absolute Gasteiger partial charge is 0.368 e. The van der Waals surface area contributed by atoms with Crippen LogP contribution in [0.3, 0.4) is 0 Å². The van der Waals surface area contributed by atoms with E-state index in [1.807, 2.05) is 25.1 Å². The highest BCUT2D eigenvalue weighted by Crippen LogP contribution is 2.29. The maximum atomic E-state index is 11.7. The first kappa shape index (κ1) is 11.1. The number of nitrogens with zero attached hydrogens (tertiary/aromatic N) is 2. The number of likely N-dealkylation sites (tertiary alicyclic amines) is 1. The van der Waals surface area contributed by atoms with Crippen molar-refractivity contribution in [1.29, 1.82) is 0 Å². The summed E-state index contributed by atoms with van der Waals surface area (Å²) in [6, 6.07) is 5.59. The predicted molar refractivity (Wildman–Crippen MR) is 61.6 cm³/mol. The average molecular weight is 219 g/mol. The monoisotopic (exact) mass is 219 g/mol. The molecule has 1 atom stereocenters. The lowest BCUT2D eigenvalue weighted by atomic mass is 9.94. The van der Waals surface area contributed by atoms with Gasteiger partial charge in [0.2, 0.25) is 5.91 Å². The summed E-state index contributed by atoms with van der Waals surface area (Å²) in [6.07, 6.45) is 3.94. The molecule has 4 heteroatoms. The third-order valence-electron chi connectivity index (χ3n) is 3.38. The molecule has 2 N–H and O–H groups in total. The van der Waals surface area contributed by atoms with Gasteiger partial charge >= 0.3 is 0 Å². The lowest BCUT2D eigenvalue weighted by Gasteiger charge is -2.35. The van der Waals surface area contributed by atoms with Crippen LogP contribution in [0.25, 0.3) is 0 Å². The first-order valence-electron chi connectivity index (χ1n) is 5.62. The first-order chi connectivity index (χ1) is 7.65. The second-order valence-corrected chi connectivity index (χ2v) is 4.35. The van der Waals surface area contributed by atoms with Crippen LogP contribution >= 0.6 is 0 Å². The molecular weight excluding hydrogens is 202 g/mol. The number of aromatic nitrogens is 1. The molecule has 0 radical (unpaired) electrons. The van der Waals surface area contributed by atoms with Gasteiger partial charge in [0.1, 0.15) is 5.54 Å². The van der Waals surface area contributed by atoms with Gasteiger partial charge in [-0.05, 0) is 45.0 Å². The summed E-state index contributed by atoms with van der Waals surface area (Å²) in [4.78, 5) is 18.1. The predicted octanol–water partition coefficient (Wildman–Crippen LogP) is 0.878. The second-order valence-electron chi connectivity index (χ2n) is 4.35. The highest BCUT2D eigenvalue weighted by Gasteiger charge is 2.41. The lowest BCUT2D eigenvalue weighted by molar-refractivity contribution is -0.129. The molecule has 1 fully saturated rings. The molecule has 0 spiro atoms. The topological polar surface area (TPSA) is 59.2 Å². The Balaban J connectivity index is 2.39. The van der Waals surface area contributed by atoms with Gasteiger partial charge < -0.3 is 5.73 Å². The van der Waals surface area contributed by atoms with E-state index in [4.69, 9.17) is 5.73 Å². The summed E-state index contributed by atoms with van der Waals surface area (Å²) in [7, 11) is 0. The van der Waals surface area contributed by atoms with Gasteiger partial charge in [0.05, 0.1) is 5.69 Å². The van der Waals surface area contributed by atoms with Crippen LogP contribution in [0, 0.1) is 0 Å². The Labute approximate surface area is 95.5 Å². The number of rotatable bonds is 3. The summed E-state index contributed by atoms with van der Waals surface area (Å²) >= 11 is 0. The maximum absolute atomic E-state index is 11.7. The Hall–Kier alpha value is -1.42. The molecule has 0 aliphatic carbocycles. The summed E-state index contributed by atoms with van der Waals surface area (Å²) < 4.78 is 0. The molecule has 0 saturated carbocycles. The van der Waals surface area contributed by atoms with Gasteiger partial charge in [-0.25, -0.2) is 0 Å². The quantitative estimate of drug-likeness (QED) is 0.821. The van der Waals surface area contributed by atoms with E-state index in [-0.39, 0.29) is 5.91 Å². The molecule has 1 aliphatic heterocycles. The number of primary amides is 1. The van der Waals surface area contributed by atoms with Crippen molar-refractivity contribution in [1.82, 2.24) is 9.88 Å². The van der Waals surface area contributed by atoms with Crippen molar-refractivity contribution >= 4 is 5.91 Å². The van der Waals surface area contributed by atoms with Crippen molar-refractivity contribution in [3.05, 3.63) is 30.1 Å². The zero-order valence-corrected chi connectivity index (χ0v) is 9.52. The van der Waals surface area contributed by atoms with Gasteiger partial charge in [-0.15, -0.1) is 0 Å². The van der Waals surface area contributed by atoms with Crippen LogP contribution in [-0.4, -0.2) is 28.9 Å². The standard InChI is InChI=1S/C12H17N3O/c1-12(11(13)16,15-8-4-5-9-15)10-6-2-3-7-14-10/h2-3,6-7H,4-5,8-9H2,1H3,(H2,13,16). The number of hydrogen-bond acceptors (Lipinski definition) is 3. The zero-order chi connectivity index (χ0) is 11.6. The number of hydrogen-bond donors (Lipinski definition) is 1. The first-order valence-corrected chi connectivity index (χ1v) is 5.62. The Kier molecular flexibility index (Phi) is 2.92. The van der Waals surface area contributed by atoms with Crippen LogP contribution in [0.15, 0.2) is 24.4 Å². The minimum atomic E-state index is -0.766. The number of carbonyl (C=O) groups excluding carboxylic acids is 1. The maximum Gasteiger partial charge on any atom is 0.243 e. The molecule has 4 nitrogen and oxygen atoms in total. The van der Waals surface area contributed by atoms with E-state index >= 15 is 0 Å². The molecular formula is C12H17N3O. The fraction of sp³-hybridized carbons (Fsp3) is 0.500. The third kappa shape index (κ3) is 1.69. The van der Waals surface area contributed by atoms with E-state index in [0.717, 1.165) is 31.6 Å². The van der Waals surface area contributed by atoms with Crippen LogP contribution in [-0.2, 0) is 10.3 Å². The molecule has 2 rings (SSSR count). The minimum absolute atomic E-state index is 0.326. The van der Waals surface area contributed by atoms with Gasteiger partial charge in [-0.1, -0.05) is 6.07 Å². The molecule has 2 heterocycles. The van der Waals surface area contributed by atoms with Crippen molar-refractivity contribution in [2.24, 2.45) is 5.73 Å². The summed E-state index contributed by atoms with van der Waals surface area (Å²) in [5, 5.41) is 0. The van der Waals surface area contributed by atoms with Crippen LogP contribution in [0.5, 0.6) is 0 Å². The SMILES string of the molecule is CC(C(N)=O)(c1ccccn1)N1CCCC1. The zero-order valence-electron chi connectivity index (χ0n) is 9.52. The number of nitrogens with two attached hydrogens (primary N) is 1. The molecule has 16 heavy (non-hydrogen) atoms. The summed E-state index contributed by atoms with van der Waals surface area (Å²) in [6.45, 7) is 3.69. The van der Waals surface area contributed by atoms with Crippen molar-refractivity contribution in [3.63, 3.8) is 0 Å². The third-order valence-corrected chi connectivity index (χ3v) is 3.38. The van der Waals surface area contributed by atoms with E-state index in [1.54, 1.807) is 6.20 Å². The van der Waals surface area contributed by atoms with Gasteiger partial charge in [0, 0.05) is 6.20 Å². The van der Waals surface area contributed by atoms with Gasteiger partial charge in [-0.3, -0.25) is 14.7 Å². The summed E-state index contributed by atoms with van der Waals surface area (Å²) in [5.74, 6) is -0.326. The van der Waals surface area contributed by atoms with E-state index < -0.39 is 5.54 Å². The fourth-order valence-electron chi connectivity index (χ4n) is 2.26. The van der Waals surface area contributed by atoms with E-state index in [9.17, 15) is 4.79 Å². The molecule has 1 unspecified atom stereocenters. The molecule has 1 saturated heterocycles. The number of amides is 1. The minimum Gasteiger partial charge on any atom is -0.368 e. The molecule has 0 bridgehead atoms. The molecule has 1 amide bonds. The second kappa shape index (κ2) is 4.22. The van der Waals surface area contributed by atoms with Gasteiger partial charge in [0.25, 0.3) is 0 Å². The molecule has 1 aromatic heterocycles. The van der Waals surface area contributed by atoms with Crippen molar-refractivity contribution in [2.45, 2.75) is 25.3 Å². The Morgan fingerprint density at radius 2 is 2.12 bits per heavy atom. The summed E-state index contributed by atoms with van der Waals surface area (Å²) in [5.41, 5.74) is 5.54. The Morgan fingerprint density at radius 1 is 1.44 bits per heavy atom. The van der Waals surface area contributed by atoms with Gasteiger partial charge in [-0.2, -0.15) is 0 Å². The van der Waals surface area contributed by atoms with E-state index in [0.29, 0.717) is 0 Å². The van der Waals surface area contributed by atoms with Crippen molar-refractivity contribution in [3.8, 4) is 0 Å². The molecule has 1 aromatic rings. The van der Waals surface area contributed by atoms with Crippen LogP contribution in [0.1, 0.15) is 25.5 Å². The van der Waals surface area contributed by atoms with E-state index in [2.05, 4.69) is 9.88 Å². The van der Waals surface area contributed by atoms with Gasteiger partial charge in [0.15, 0.2) is 0 Å². The Morgan fingerprint density at radius 3 is 2.62 bits per heavy atom. The molecule has 86 valence electrons. The number of carbonyl (C=O) groups is 1. The van der Waals surface area contributed by atoms with Crippen LogP contribution < -0.4 is 5.73 Å². The number of pyridine rings is 1. The van der Waals surface area contributed by atoms with Crippen molar-refractivity contribution in [2.75, 3.05) is 13.1 Å². The highest BCUT2D eigenvalue weighted by molar-refractivity contribution is 5.85. The van der Waals surface area contributed by atoms with Crippen LogP contribution in [0.4, 0.5) is 0 Å². The smallest absolute Gasteiger partial charge is 0.243 e. The average Bonchev–Trinajstić information content (AvgIpc) is 2.82. The molecule has 1 aliphatic rings. The molecule has 0 aromatic carbocycles. The van der Waals surface area contributed by atoms with E-state index in [1.165, 1.54) is 0 Å². The van der Waals surface area contributed by atoms with Crippen molar-refractivity contribution < 1.29 is 4.79 Å². The van der Waals surface area contributed by atoms with Crippen LogP contribution in [0.2, 0.25) is 0 Å². The lowest BCUT2D eigenvalue weighted by Crippen LogP contribution is -2.52. The highest BCUT2D eigenvalue weighted by atomic mass is 16.1. The Bertz CT molecular complexity index is 373.